The van der Waals surface area contributed by atoms with Crippen LogP contribution in [-0.4, -0.2) is 31.3 Å². The van der Waals surface area contributed by atoms with Gasteiger partial charge in [-0.3, -0.25) is 14.4 Å². The molecule has 0 spiro atoms. The van der Waals surface area contributed by atoms with E-state index in [1.54, 1.807) is 0 Å². The highest BCUT2D eigenvalue weighted by atomic mass is 16.5. The lowest BCUT2D eigenvalue weighted by molar-refractivity contribution is -0.141. The molecule has 0 aliphatic rings. The summed E-state index contributed by atoms with van der Waals surface area (Å²) in [6.07, 6.45) is 0.599. The first-order valence-electron chi connectivity index (χ1n) is 6.86. The van der Waals surface area contributed by atoms with E-state index in [-0.39, 0.29) is 30.6 Å². The van der Waals surface area contributed by atoms with Crippen LogP contribution < -0.4 is 5.32 Å². The van der Waals surface area contributed by atoms with Gasteiger partial charge < -0.3 is 10.1 Å². The molecule has 21 heavy (non-hydrogen) atoms. The van der Waals surface area contributed by atoms with Crippen molar-refractivity contribution < 1.29 is 19.1 Å². The highest BCUT2D eigenvalue weighted by molar-refractivity contribution is 5.84. The topological polar surface area (TPSA) is 72.5 Å². The third-order valence-corrected chi connectivity index (χ3v) is 3.07. The summed E-state index contributed by atoms with van der Waals surface area (Å²) in [5.74, 6) is -0.510. The fraction of sp³-hybridized carbons (Fsp3) is 0.438. The van der Waals surface area contributed by atoms with Crippen LogP contribution in [-0.2, 0) is 32.0 Å². The molecule has 1 amide bonds. The van der Waals surface area contributed by atoms with Gasteiger partial charge in [0, 0.05) is 12.3 Å². The van der Waals surface area contributed by atoms with Crippen LogP contribution in [0.2, 0.25) is 0 Å². The first kappa shape index (κ1) is 16.9. The minimum Gasteiger partial charge on any atom is -0.468 e. The Hall–Kier alpha value is -2.17. The number of Topliss-reactive ketones (excluding diaryl/α,β-unsaturated/α-hetero) is 1. The maximum absolute atomic E-state index is 11.6. The van der Waals surface area contributed by atoms with Gasteiger partial charge in [-0.1, -0.05) is 38.1 Å². The van der Waals surface area contributed by atoms with E-state index < -0.39 is 5.97 Å². The van der Waals surface area contributed by atoms with E-state index in [1.807, 2.05) is 38.1 Å². The summed E-state index contributed by atoms with van der Waals surface area (Å²) >= 11 is 0. The van der Waals surface area contributed by atoms with Gasteiger partial charge in [0.15, 0.2) is 0 Å². The highest BCUT2D eigenvalue weighted by Crippen LogP contribution is 2.09. The van der Waals surface area contributed by atoms with Crippen molar-refractivity contribution in [1.82, 2.24) is 5.32 Å². The maximum Gasteiger partial charge on any atom is 0.325 e. The van der Waals surface area contributed by atoms with Crippen LogP contribution in [0.25, 0.3) is 0 Å². The standard InChI is InChI=1S/C16H21NO4/c1-11(2)14(18)8-12-4-6-13(7-5-12)9-15(19)17-10-16(20)21-3/h4-7,11H,8-10H2,1-3H3,(H,17,19). The van der Waals surface area contributed by atoms with Gasteiger partial charge in [-0.2, -0.15) is 0 Å². The molecule has 0 heterocycles. The van der Waals surface area contributed by atoms with Crippen LogP contribution in [0, 0.1) is 5.92 Å². The van der Waals surface area contributed by atoms with Gasteiger partial charge in [0.05, 0.1) is 13.5 Å². The smallest absolute Gasteiger partial charge is 0.325 e. The molecule has 0 fully saturated rings. The summed E-state index contributed by atoms with van der Waals surface area (Å²) in [5.41, 5.74) is 1.77. The highest BCUT2D eigenvalue weighted by Gasteiger charge is 2.09. The average Bonchev–Trinajstić information content (AvgIpc) is 2.46. The Balaban J connectivity index is 2.49. The number of benzene rings is 1. The second-order valence-corrected chi connectivity index (χ2v) is 5.14. The number of carbonyl (C=O) groups excluding carboxylic acids is 3. The van der Waals surface area contributed by atoms with Gasteiger partial charge >= 0.3 is 5.97 Å². The van der Waals surface area contributed by atoms with Crippen LogP contribution in [0.5, 0.6) is 0 Å². The molecule has 1 aromatic carbocycles. The summed E-state index contributed by atoms with van der Waals surface area (Å²) in [7, 11) is 1.27. The Morgan fingerprint density at radius 2 is 1.57 bits per heavy atom. The number of ether oxygens (including phenoxy) is 1. The van der Waals surface area contributed by atoms with Gasteiger partial charge in [-0.25, -0.2) is 0 Å². The molecule has 114 valence electrons. The van der Waals surface area contributed by atoms with Crippen LogP contribution >= 0.6 is 0 Å². The maximum atomic E-state index is 11.6. The minimum absolute atomic E-state index is 0.0220. The van der Waals surface area contributed by atoms with E-state index in [4.69, 9.17) is 0 Å². The van der Waals surface area contributed by atoms with Crippen molar-refractivity contribution in [3.05, 3.63) is 35.4 Å². The van der Waals surface area contributed by atoms with Crippen molar-refractivity contribution in [2.75, 3.05) is 13.7 Å². The molecular formula is C16H21NO4. The molecule has 0 bridgehead atoms. The molecule has 5 nitrogen and oxygen atoms in total. The normalized spacial score (nSPS) is 10.3. The predicted molar refractivity (Wildman–Crippen MR) is 78.7 cm³/mol. The van der Waals surface area contributed by atoms with E-state index in [1.165, 1.54) is 7.11 Å². The van der Waals surface area contributed by atoms with Crippen LogP contribution in [0.4, 0.5) is 0 Å². The molecule has 0 aliphatic heterocycles. The first-order chi connectivity index (χ1) is 9.92. The molecule has 0 aromatic heterocycles. The molecule has 0 radical (unpaired) electrons. The number of ketones is 1. The van der Waals surface area contributed by atoms with Gasteiger partial charge in [-0.05, 0) is 11.1 Å². The molecule has 0 saturated carbocycles. The van der Waals surface area contributed by atoms with Crippen molar-refractivity contribution in [3.8, 4) is 0 Å². The zero-order chi connectivity index (χ0) is 15.8. The molecule has 0 atom stereocenters. The van der Waals surface area contributed by atoms with E-state index in [0.29, 0.717) is 6.42 Å². The van der Waals surface area contributed by atoms with E-state index in [2.05, 4.69) is 10.1 Å². The Bertz CT molecular complexity index is 506. The molecule has 1 aromatic rings. The minimum atomic E-state index is -0.481. The van der Waals surface area contributed by atoms with Gasteiger partial charge in [0.2, 0.25) is 5.91 Å². The first-order valence-corrected chi connectivity index (χ1v) is 6.86. The third-order valence-electron chi connectivity index (χ3n) is 3.07. The summed E-state index contributed by atoms with van der Waals surface area (Å²) < 4.78 is 4.44. The SMILES string of the molecule is COC(=O)CNC(=O)Cc1ccc(CC(=O)C(C)C)cc1. The predicted octanol–water partition coefficient (Wildman–Crippen LogP) is 1.29. The largest absolute Gasteiger partial charge is 0.468 e. The molecule has 0 unspecified atom stereocenters. The zero-order valence-electron chi connectivity index (χ0n) is 12.6. The number of esters is 1. The van der Waals surface area contributed by atoms with Crippen LogP contribution in [0.15, 0.2) is 24.3 Å². The summed E-state index contributed by atoms with van der Waals surface area (Å²) in [4.78, 5) is 34.2. The van der Waals surface area contributed by atoms with Crippen LogP contribution in [0.1, 0.15) is 25.0 Å². The Morgan fingerprint density at radius 1 is 1.05 bits per heavy atom. The van der Waals surface area contributed by atoms with Crippen LogP contribution in [0.3, 0.4) is 0 Å². The molecular weight excluding hydrogens is 270 g/mol. The molecule has 0 aliphatic carbocycles. The van der Waals surface area contributed by atoms with Crippen molar-refractivity contribution in [3.63, 3.8) is 0 Å². The number of hydrogen-bond acceptors (Lipinski definition) is 4. The summed E-state index contributed by atoms with van der Waals surface area (Å²) in [6, 6.07) is 7.34. The number of methoxy groups -OCH3 is 1. The van der Waals surface area contributed by atoms with E-state index in [0.717, 1.165) is 11.1 Å². The third kappa shape index (κ3) is 6.21. The van der Waals surface area contributed by atoms with Gasteiger partial charge in [0.25, 0.3) is 0 Å². The lowest BCUT2D eigenvalue weighted by Gasteiger charge is -2.06. The molecule has 1 N–H and O–H groups in total. The summed E-state index contributed by atoms with van der Waals surface area (Å²) in [6.45, 7) is 3.63. The number of amides is 1. The Kier molecular flexibility index (Phi) is 6.59. The fourth-order valence-electron chi connectivity index (χ4n) is 1.67. The monoisotopic (exact) mass is 291 g/mol. The lowest BCUT2D eigenvalue weighted by atomic mass is 10.00. The van der Waals surface area contributed by atoms with E-state index in [9.17, 15) is 14.4 Å². The van der Waals surface area contributed by atoms with E-state index >= 15 is 0 Å². The molecule has 0 saturated heterocycles. The number of hydrogen-bond donors (Lipinski definition) is 1. The number of rotatable bonds is 7. The van der Waals surface area contributed by atoms with Crippen molar-refractivity contribution in [1.29, 1.82) is 0 Å². The summed E-state index contributed by atoms with van der Waals surface area (Å²) in [5, 5.41) is 2.48. The average molecular weight is 291 g/mol. The lowest BCUT2D eigenvalue weighted by Crippen LogP contribution is -2.31. The quantitative estimate of drug-likeness (QED) is 0.768. The number of carbonyl (C=O) groups is 3. The Morgan fingerprint density at radius 3 is 2.05 bits per heavy atom. The van der Waals surface area contributed by atoms with Crippen molar-refractivity contribution >= 4 is 17.7 Å². The number of nitrogens with one attached hydrogen (secondary N) is 1. The fourth-order valence-corrected chi connectivity index (χ4v) is 1.67. The molecule has 5 heteroatoms. The van der Waals surface area contributed by atoms with Gasteiger partial charge in [0.1, 0.15) is 12.3 Å². The second-order valence-electron chi connectivity index (χ2n) is 5.14. The van der Waals surface area contributed by atoms with Crippen molar-refractivity contribution in [2.24, 2.45) is 5.92 Å². The molecule has 1 rings (SSSR count). The second kappa shape index (κ2) is 8.19. The van der Waals surface area contributed by atoms with Gasteiger partial charge in [-0.15, -0.1) is 0 Å². The van der Waals surface area contributed by atoms with Crippen molar-refractivity contribution in [2.45, 2.75) is 26.7 Å². The Labute approximate surface area is 124 Å². The zero-order valence-corrected chi connectivity index (χ0v) is 12.6.